The molecule has 0 aliphatic carbocycles. The van der Waals surface area contributed by atoms with Crippen LogP contribution in [0.4, 0.5) is 0 Å². The van der Waals surface area contributed by atoms with Gasteiger partial charge in [-0.1, -0.05) is 11.8 Å². The Balaban J connectivity index is 1.63. The molecule has 0 bridgehead atoms. The largest absolute Gasteiger partial charge is 0.497 e. The van der Waals surface area contributed by atoms with Gasteiger partial charge in [-0.3, -0.25) is 19.1 Å². The Labute approximate surface area is 204 Å². The van der Waals surface area contributed by atoms with Gasteiger partial charge in [-0.25, -0.2) is 4.79 Å². The summed E-state index contributed by atoms with van der Waals surface area (Å²) in [5, 5.41) is 9.06. The lowest BCUT2D eigenvalue weighted by atomic mass is 10.1. The first-order valence-corrected chi connectivity index (χ1v) is 11.8. The van der Waals surface area contributed by atoms with Crippen molar-refractivity contribution in [3.63, 3.8) is 0 Å². The number of aromatic amines is 2. The van der Waals surface area contributed by atoms with Crippen LogP contribution in [0.5, 0.6) is 11.5 Å². The number of benzene rings is 2. The van der Waals surface area contributed by atoms with Crippen LogP contribution in [0.1, 0.15) is 28.8 Å². The van der Waals surface area contributed by atoms with Crippen LogP contribution in [0, 0.1) is 0 Å². The number of ether oxygens (including phenoxy) is 2. The summed E-state index contributed by atoms with van der Waals surface area (Å²) in [5.74, 6) is 1.96. The molecule has 2 N–H and O–H groups in total. The van der Waals surface area contributed by atoms with Crippen LogP contribution in [0.2, 0.25) is 0 Å². The van der Waals surface area contributed by atoms with Gasteiger partial charge in [0.1, 0.15) is 17.3 Å². The van der Waals surface area contributed by atoms with E-state index in [1.807, 2.05) is 31.2 Å². The molecular formula is C24H23N5O5S. The zero-order valence-corrected chi connectivity index (χ0v) is 19.9. The standard InChI is InChI=1S/C24H23N5O5S/c1-3-34-19-10-6-17(7-11-19)29-21(12-16-13-22(31)26-23(32)25-16)27-28-24(29)35-14-20(30)15-4-8-18(33-2)9-5-15/h4-11,13H,3,12,14H2,1-2H3,(H2,25,26,31,32). The number of thioether (sulfide) groups is 1. The van der Waals surface area contributed by atoms with Crippen molar-refractivity contribution in [2.45, 2.75) is 18.5 Å². The van der Waals surface area contributed by atoms with Gasteiger partial charge in [0.25, 0.3) is 5.56 Å². The van der Waals surface area contributed by atoms with Gasteiger partial charge in [0.15, 0.2) is 10.9 Å². The van der Waals surface area contributed by atoms with Crippen molar-refractivity contribution in [1.29, 1.82) is 0 Å². The maximum atomic E-state index is 12.7. The highest BCUT2D eigenvalue weighted by Gasteiger charge is 2.18. The van der Waals surface area contributed by atoms with E-state index in [0.29, 0.717) is 40.3 Å². The third-order valence-corrected chi connectivity index (χ3v) is 5.94. The Morgan fingerprint density at radius 1 is 1.00 bits per heavy atom. The molecule has 4 aromatic rings. The van der Waals surface area contributed by atoms with Crippen LogP contribution in [0.25, 0.3) is 5.69 Å². The lowest BCUT2D eigenvalue weighted by Crippen LogP contribution is -2.23. The zero-order valence-electron chi connectivity index (χ0n) is 19.1. The van der Waals surface area contributed by atoms with E-state index in [2.05, 4.69) is 20.2 Å². The maximum absolute atomic E-state index is 12.7. The van der Waals surface area contributed by atoms with E-state index >= 15 is 0 Å². The predicted molar refractivity (Wildman–Crippen MR) is 131 cm³/mol. The number of methoxy groups -OCH3 is 1. The number of nitrogens with one attached hydrogen (secondary N) is 2. The molecule has 2 heterocycles. The third-order valence-electron chi connectivity index (χ3n) is 5.02. The fourth-order valence-electron chi connectivity index (χ4n) is 3.40. The van der Waals surface area contributed by atoms with Crippen LogP contribution in [-0.2, 0) is 6.42 Å². The third kappa shape index (κ3) is 5.87. The van der Waals surface area contributed by atoms with Gasteiger partial charge in [-0.2, -0.15) is 0 Å². The summed E-state index contributed by atoms with van der Waals surface area (Å²) in [6, 6.07) is 15.6. The number of H-pyrrole nitrogens is 2. The smallest absolute Gasteiger partial charge is 0.325 e. The second-order valence-corrected chi connectivity index (χ2v) is 8.33. The van der Waals surface area contributed by atoms with Gasteiger partial charge in [0.2, 0.25) is 0 Å². The second kappa shape index (κ2) is 10.9. The molecule has 35 heavy (non-hydrogen) atoms. The average Bonchev–Trinajstić information content (AvgIpc) is 3.24. The van der Waals surface area contributed by atoms with Crippen molar-refractivity contribution in [3.05, 3.63) is 92.5 Å². The van der Waals surface area contributed by atoms with Gasteiger partial charge in [0.05, 0.1) is 19.5 Å². The topological polar surface area (TPSA) is 132 Å². The average molecular weight is 494 g/mol. The number of carbonyl (C=O) groups is 1. The molecule has 0 atom stereocenters. The molecule has 0 radical (unpaired) electrons. The van der Waals surface area contributed by atoms with Gasteiger partial charge in [-0.05, 0) is 55.5 Å². The van der Waals surface area contributed by atoms with Gasteiger partial charge in [0, 0.05) is 29.4 Å². The lowest BCUT2D eigenvalue weighted by Gasteiger charge is -2.11. The van der Waals surface area contributed by atoms with Crippen LogP contribution >= 0.6 is 11.8 Å². The van der Waals surface area contributed by atoms with E-state index in [4.69, 9.17) is 9.47 Å². The van der Waals surface area contributed by atoms with Crippen molar-refractivity contribution >= 4 is 17.5 Å². The fraction of sp³-hybridized carbons (Fsp3) is 0.208. The summed E-state index contributed by atoms with van der Waals surface area (Å²) >= 11 is 1.24. The Bertz CT molecular complexity index is 1400. The highest BCUT2D eigenvalue weighted by atomic mass is 32.2. The molecule has 0 fully saturated rings. The van der Waals surface area contributed by atoms with Crippen LogP contribution < -0.4 is 20.7 Å². The number of rotatable bonds is 10. The van der Waals surface area contributed by atoms with Gasteiger partial charge in [-0.15, -0.1) is 10.2 Å². The predicted octanol–water partition coefficient (Wildman–Crippen LogP) is 2.62. The first kappa shape index (κ1) is 24.0. The maximum Gasteiger partial charge on any atom is 0.325 e. The van der Waals surface area contributed by atoms with Crippen molar-refractivity contribution in [1.82, 2.24) is 24.7 Å². The summed E-state index contributed by atoms with van der Waals surface area (Å²) in [6.07, 6.45) is 0.159. The fourth-order valence-corrected chi connectivity index (χ4v) is 4.27. The first-order chi connectivity index (χ1) is 17.0. The summed E-state index contributed by atoms with van der Waals surface area (Å²) < 4.78 is 12.5. The number of hydrogen-bond donors (Lipinski definition) is 2. The van der Waals surface area contributed by atoms with Crippen molar-refractivity contribution in [2.75, 3.05) is 19.5 Å². The first-order valence-electron chi connectivity index (χ1n) is 10.8. The molecule has 11 heteroatoms. The molecule has 0 spiro atoms. The van der Waals surface area contributed by atoms with Crippen molar-refractivity contribution in [2.24, 2.45) is 0 Å². The molecule has 0 amide bonds. The summed E-state index contributed by atoms with van der Waals surface area (Å²) in [6.45, 7) is 2.45. The Morgan fingerprint density at radius 3 is 2.37 bits per heavy atom. The summed E-state index contributed by atoms with van der Waals surface area (Å²) in [7, 11) is 1.57. The Morgan fingerprint density at radius 2 is 1.71 bits per heavy atom. The minimum absolute atomic E-state index is 0.0700. The highest BCUT2D eigenvalue weighted by molar-refractivity contribution is 7.99. The van der Waals surface area contributed by atoms with Gasteiger partial charge >= 0.3 is 5.69 Å². The van der Waals surface area contributed by atoms with E-state index in [1.165, 1.54) is 17.8 Å². The van der Waals surface area contributed by atoms with Gasteiger partial charge < -0.3 is 14.5 Å². The van der Waals surface area contributed by atoms with Crippen molar-refractivity contribution in [3.8, 4) is 17.2 Å². The number of ketones is 1. The second-order valence-electron chi connectivity index (χ2n) is 7.39. The SMILES string of the molecule is CCOc1ccc(-n2c(Cc3cc(=O)[nH]c(=O)[nH]3)nnc2SCC(=O)c2ccc(OC)cc2)cc1. The van der Waals surface area contributed by atoms with E-state index in [0.717, 1.165) is 5.69 Å². The lowest BCUT2D eigenvalue weighted by molar-refractivity contribution is 0.102. The van der Waals surface area contributed by atoms with Crippen LogP contribution in [0.15, 0.2) is 69.3 Å². The molecule has 10 nitrogen and oxygen atoms in total. The number of carbonyl (C=O) groups excluding carboxylic acids is 1. The molecular weight excluding hydrogens is 470 g/mol. The van der Waals surface area contributed by atoms with Crippen LogP contribution in [0.3, 0.4) is 0 Å². The number of aromatic nitrogens is 5. The normalized spacial score (nSPS) is 10.8. The minimum atomic E-state index is -0.598. The quantitative estimate of drug-likeness (QED) is 0.255. The summed E-state index contributed by atoms with van der Waals surface area (Å²) in [4.78, 5) is 40.9. The van der Waals surface area contributed by atoms with Crippen molar-refractivity contribution < 1.29 is 14.3 Å². The van der Waals surface area contributed by atoms with E-state index in [-0.39, 0.29) is 18.0 Å². The summed E-state index contributed by atoms with van der Waals surface area (Å²) in [5.41, 5.74) is 0.603. The molecule has 0 aliphatic rings. The molecule has 4 rings (SSSR count). The van der Waals surface area contributed by atoms with E-state index in [9.17, 15) is 14.4 Å². The Kier molecular flexibility index (Phi) is 7.46. The van der Waals surface area contributed by atoms with E-state index in [1.54, 1.807) is 35.9 Å². The molecule has 2 aromatic heterocycles. The molecule has 0 unspecified atom stereocenters. The monoisotopic (exact) mass is 493 g/mol. The minimum Gasteiger partial charge on any atom is -0.497 e. The van der Waals surface area contributed by atoms with E-state index < -0.39 is 11.2 Å². The number of hydrogen-bond acceptors (Lipinski definition) is 8. The Hall–Kier alpha value is -4.12. The molecule has 0 saturated carbocycles. The number of nitrogens with zero attached hydrogens (tertiary/aromatic N) is 3. The molecule has 0 aliphatic heterocycles. The highest BCUT2D eigenvalue weighted by Crippen LogP contribution is 2.25. The molecule has 180 valence electrons. The number of Topliss-reactive ketones (excluding diaryl/α,β-unsaturated/α-hetero) is 1. The molecule has 2 aromatic carbocycles. The molecule has 0 saturated heterocycles. The zero-order chi connectivity index (χ0) is 24.8. The van der Waals surface area contributed by atoms with Crippen LogP contribution in [-0.4, -0.2) is 50.0 Å².